The van der Waals surface area contributed by atoms with Gasteiger partial charge in [0.15, 0.2) is 5.82 Å². The van der Waals surface area contributed by atoms with Gasteiger partial charge in [-0.2, -0.15) is 0 Å². The monoisotopic (exact) mass is 446 g/mol. The molecule has 7 nitrogen and oxygen atoms in total. The summed E-state index contributed by atoms with van der Waals surface area (Å²) in [6.07, 6.45) is 5.20. The molecule has 0 spiro atoms. The van der Waals surface area contributed by atoms with Crippen molar-refractivity contribution >= 4 is 11.7 Å². The number of rotatable bonds is 8. The first-order chi connectivity index (χ1) is 15.9. The number of benzene rings is 2. The Morgan fingerprint density at radius 1 is 1.21 bits per heavy atom. The van der Waals surface area contributed by atoms with Crippen LogP contribution in [-0.4, -0.2) is 33.2 Å². The fourth-order valence-electron chi connectivity index (χ4n) is 3.88. The standard InChI is InChI=1S/C26H30N4O3/c1-16-5-4-6-19(13-16)23(18(3)15-31)29-24-26(33)30(12-11-27-24)22-14-20(8-7-17(22)2)25(32)28-21-9-10-21/h4-8,11-14,18,21,23,31H,9-10,15H2,1-3H3,(H,27,29)(H,28,32)/t18-,23+/m0/s1. The Hall–Kier alpha value is -3.45. The quantitative estimate of drug-likeness (QED) is 0.492. The fraction of sp³-hybridized carbons (Fsp3) is 0.346. The summed E-state index contributed by atoms with van der Waals surface area (Å²) in [5, 5.41) is 16.1. The lowest BCUT2D eigenvalue weighted by atomic mass is 9.94. The lowest BCUT2D eigenvalue weighted by Crippen LogP contribution is -2.29. The second kappa shape index (κ2) is 9.58. The van der Waals surface area contributed by atoms with E-state index in [0.29, 0.717) is 11.3 Å². The highest BCUT2D eigenvalue weighted by Gasteiger charge is 2.24. The first-order valence-corrected chi connectivity index (χ1v) is 11.3. The molecule has 1 aromatic heterocycles. The highest BCUT2D eigenvalue weighted by molar-refractivity contribution is 5.95. The molecule has 0 radical (unpaired) electrons. The molecule has 2 atom stereocenters. The first-order valence-electron chi connectivity index (χ1n) is 11.3. The Kier molecular flexibility index (Phi) is 6.60. The van der Waals surface area contributed by atoms with Gasteiger partial charge >= 0.3 is 0 Å². The molecule has 3 N–H and O–H groups in total. The largest absolute Gasteiger partial charge is 0.396 e. The topological polar surface area (TPSA) is 96.3 Å². The molecule has 2 aromatic carbocycles. The summed E-state index contributed by atoms with van der Waals surface area (Å²) in [4.78, 5) is 30.2. The number of aliphatic hydroxyl groups excluding tert-OH is 1. The molecule has 1 saturated carbocycles. The Labute approximate surface area is 193 Å². The number of amides is 1. The summed E-state index contributed by atoms with van der Waals surface area (Å²) in [5.74, 6) is -0.0788. The Balaban J connectivity index is 1.69. The van der Waals surface area contributed by atoms with Crippen molar-refractivity contribution in [2.24, 2.45) is 5.92 Å². The number of nitrogens with one attached hydrogen (secondary N) is 2. The van der Waals surface area contributed by atoms with Crippen LogP contribution < -0.4 is 16.2 Å². The minimum atomic E-state index is -0.317. The van der Waals surface area contributed by atoms with E-state index in [1.165, 1.54) is 4.57 Å². The van der Waals surface area contributed by atoms with Crippen LogP contribution >= 0.6 is 0 Å². The third-order valence-electron chi connectivity index (χ3n) is 6.03. The number of carbonyl (C=O) groups excluding carboxylic acids is 1. The van der Waals surface area contributed by atoms with Gasteiger partial charge in [-0.25, -0.2) is 4.98 Å². The lowest BCUT2D eigenvalue weighted by Gasteiger charge is -2.25. The average molecular weight is 447 g/mol. The average Bonchev–Trinajstić information content (AvgIpc) is 3.62. The van der Waals surface area contributed by atoms with Crippen LogP contribution in [0.4, 0.5) is 5.82 Å². The number of hydrogen-bond donors (Lipinski definition) is 3. The summed E-state index contributed by atoms with van der Waals surface area (Å²) in [6.45, 7) is 5.80. The zero-order valence-corrected chi connectivity index (χ0v) is 19.2. The number of aryl methyl sites for hydroxylation is 2. The predicted octanol–water partition coefficient (Wildman–Crippen LogP) is 3.52. The molecule has 172 valence electrons. The van der Waals surface area contributed by atoms with E-state index in [1.54, 1.807) is 24.5 Å². The van der Waals surface area contributed by atoms with Crippen molar-refractivity contribution in [3.8, 4) is 5.69 Å². The van der Waals surface area contributed by atoms with Crippen LogP contribution in [-0.2, 0) is 0 Å². The Bertz CT molecular complexity index is 1220. The van der Waals surface area contributed by atoms with Crippen molar-refractivity contribution in [1.82, 2.24) is 14.9 Å². The minimum Gasteiger partial charge on any atom is -0.396 e. The molecule has 0 aliphatic heterocycles. The van der Waals surface area contributed by atoms with Crippen molar-refractivity contribution in [3.05, 3.63) is 87.5 Å². The van der Waals surface area contributed by atoms with E-state index < -0.39 is 0 Å². The van der Waals surface area contributed by atoms with Crippen molar-refractivity contribution in [2.45, 2.75) is 45.7 Å². The third-order valence-corrected chi connectivity index (χ3v) is 6.03. The van der Waals surface area contributed by atoms with E-state index in [2.05, 4.69) is 15.6 Å². The van der Waals surface area contributed by atoms with Gasteiger partial charge in [0.25, 0.3) is 11.5 Å². The summed E-state index contributed by atoms with van der Waals surface area (Å²) < 4.78 is 1.51. The molecule has 1 amide bonds. The number of aliphatic hydroxyl groups is 1. The number of hydrogen-bond acceptors (Lipinski definition) is 5. The van der Waals surface area contributed by atoms with Crippen molar-refractivity contribution in [3.63, 3.8) is 0 Å². The number of aromatic nitrogens is 2. The summed E-state index contributed by atoms with van der Waals surface area (Å²) >= 11 is 0. The molecule has 33 heavy (non-hydrogen) atoms. The molecular formula is C26H30N4O3. The second-order valence-corrected chi connectivity index (χ2v) is 8.90. The summed E-state index contributed by atoms with van der Waals surface area (Å²) in [6, 6.07) is 13.3. The van der Waals surface area contributed by atoms with Crippen LogP contribution in [0.3, 0.4) is 0 Å². The Morgan fingerprint density at radius 3 is 2.70 bits per heavy atom. The van der Waals surface area contributed by atoms with Gasteiger partial charge in [-0.3, -0.25) is 14.2 Å². The smallest absolute Gasteiger partial charge is 0.297 e. The molecular weight excluding hydrogens is 416 g/mol. The van der Waals surface area contributed by atoms with Crippen LogP contribution in [0.25, 0.3) is 5.69 Å². The summed E-state index contributed by atoms with van der Waals surface area (Å²) in [7, 11) is 0. The van der Waals surface area contributed by atoms with Gasteiger partial charge in [0, 0.05) is 36.5 Å². The van der Waals surface area contributed by atoms with Gasteiger partial charge in [-0.1, -0.05) is 42.8 Å². The fourth-order valence-corrected chi connectivity index (χ4v) is 3.88. The van der Waals surface area contributed by atoms with Gasteiger partial charge in [-0.05, 0) is 49.9 Å². The maximum Gasteiger partial charge on any atom is 0.297 e. The van der Waals surface area contributed by atoms with Crippen molar-refractivity contribution < 1.29 is 9.90 Å². The van der Waals surface area contributed by atoms with Crippen LogP contribution in [0.5, 0.6) is 0 Å². The third kappa shape index (κ3) is 5.14. The number of anilines is 1. The molecule has 0 bridgehead atoms. The highest BCUT2D eigenvalue weighted by atomic mass is 16.3. The van der Waals surface area contributed by atoms with Gasteiger partial charge in [0.2, 0.25) is 0 Å². The van der Waals surface area contributed by atoms with E-state index in [4.69, 9.17) is 0 Å². The van der Waals surface area contributed by atoms with E-state index in [0.717, 1.165) is 29.5 Å². The van der Waals surface area contributed by atoms with Crippen LogP contribution in [0.1, 0.15) is 52.9 Å². The van der Waals surface area contributed by atoms with E-state index in [-0.39, 0.29) is 41.9 Å². The minimum absolute atomic E-state index is 0.0378. The molecule has 1 heterocycles. The van der Waals surface area contributed by atoms with E-state index in [9.17, 15) is 14.7 Å². The molecule has 1 fully saturated rings. The van der Waals surface area contributed by atoms with Crippen molar-refractivity contribution in [2.75, 3.05) is 11.9 Å². The van der Waals surface area contributed by atoms with Gasteiger partial charge < -0.3 is 15.7 Å². The van der Waals surface area contributed by atoms with Crippen LogP contribution in [0.15, 0.2) is 59.7 Å². The SMILES string of the molecule is Cc1cccc([C@H](Nc2nccn(-c3cc(C(=O)NC4CC4)ccc3C)c2=O)[C@@H](C)CO)c1. The van der Waals surface area contributed by atoms with Crippen molar-refractivity contribution in [1.29, 1.82) is 0 Å². The maximum absolute atomic E-state index is 13.4. The van der Waals surface area contributed by atoms with E-state index in [1.807, 2.05) is 51.1 Å². The lowest BCUT2D eigenvalue weighted by molar-refractivity contribution is 0.0951. The molecule has 1 aliphatic carbocycles. The van der Waals surface area contributed by atoms with Gasteiger partial charge in [0.05, 0.1) is 11.7 Å². The predicted molar refractivity (Wildman–Crippen MR) is 129 cm³/mol. The molecule has 4 rings (SSSR count). The first kappa shape index (κ1) is 22.7. The van der Waals surface area contributed by atoms with Crippen LogP contribution in [0.2, 0.25) is 0 Å². The highest BCUT2D eigenvalue weighted by Crippen LogP contribution is 2.26. The van der Waals surface area contributed by atoms with E-state index >= 15 is 0 Å². The molecule has 0 saturated heterocycles. The van der Waals surface area contributed by atoms with Gasteiger partial charge in [0.1, 0.15) is 0 Å². The molecule has 1 aliphatic rings. The zero-order chi connectivity index (χ0) is 23.5. The molecule has 3 aromatic rings. The summed E-state index contributed by atoms with van der Waals surface area (Å²) in [5.41, 5.74) is 3.78. The molecule has 7 heteroatoms. The second-order valence-electron chi connectivity index (χ2n) is 8.90. The van der Waals surface area contributed by atoms with Gasteiger partial charge in [-0.15, -0.1) is 0 Å². The normalized spacial score (nSPS) is 15.0. The number of nitrogens with zero attached hydrogens (tertiary/aromatic N) is 2. The number of carbonyl (C=O) groups is 1. The maximum atomic E-state index is 13.4. The zero-order valence-electron chi connectivity index (χ0n) is 19.2. The molecule has 0 unspecified atom stereocenters. The Morgan fingerprint density at radius 2 is 2.00 bits per heavy atom. The van der Waals surface area contributed by atoms with Crippen LogP contribution in [0, 0.1) is 19.8 Å².